The Kier molecular flexibility index (Phi) is 3.46. The molecule has 4 heteroatoms. The molecule has 2 aromatic rings. The van der Waals surface area contributed by atoms with Gasteiger partial charge >= 0.3 is 5.97 Å². The van der Waals surface area contributed by atoms with Crippen molar-refractivity contribution in [3.63, 3.8) is 0 Å². The highest BCUT2D eigenvalue weighted by Crippen LogP contribution is 2.20. The van der Waals surface area contributed by atoms with Crippen molar-refractivity contribution in [2.24, 2.45) is 5.92 Å². The van der Waals surface area contributed by atoms with E-state index in [1.54, 1.807) is 12.3 Å². The van der Waals surface area contributed by atoms with E-state index in [9.17, 15) is 4.79 Å². The molecule has 0 spiro atoms. The van der Waals surface area contributed by atoms with E-state index < -0.39 is 12.1 Å². The van der Waals surface area contributed by atoms with Gasteiger partial charge in [0.15, 0.2) is 6.10 Å². The number of pyridine rings is 1. The van der Waals surface area contributed by atoms with Crippen molar-refractivity contribution in [2.75, 3.05) is 0 Å². The monoisotopic (exact) mass is 245 g/mol. The van der Waals surface area contributed by atoms with Gasteiger partial charge in [0.25, 0.3) is 0 Å². The van der Waals surface area contributed by atoms with Gasteiger partial charge in [-0.15, -0.1) is 0 Å². The molecule has 0 amide bonds. The number of ether oxygens (including phenoxy) is 1. The second-order valence-electron chi connectivity index (χ2n) is 4.48. The fraction of sp³-hybridized carbons (Fsp3) is 0.286. The van der Waals surface area contributed by atoms with E-state index in [2.05, 4.69) is 4.98 Å². The Morgan fingerprint density at radius 2 is 2.06 bits per heavy atom. The van der Waals surface area contributed by atoms with Gasteiger partial charge in [0.05, 0.1) is 11.7 Å². The van der Waals surface area contributed by atoms with Crippen LogP contribution in [0.2, 0.25) is 0 Å². The van der Waals surface area contributed by atoms with Gasteiger partial charge in [-0.2, -0.15) is 0 Å². The first kappa shape index (κ1) is 12.4. The standard InChI is InChI=1S/C14H15NO3/c1-9(2)13(14(16)17)18-11-7-10-5-3-4-6-12(10)15-8-11/h3-9,13H,1-2H3,(H,16,17). The number of benzene rings is 1. The Morgan fingerprint density at radius 3 is 2.72 bits per heavy atom. The van der Waals surface area contributed by atoms with Gasteiger partial charge < -0.3 is 9.84 Å². The molecule has 0 radical (unpaired) electrons. The van der Waals surface area contributed by atoms with Crippen molar-refractivity contribution in [1.29, 1.82) is 0 Å². The van der Waals surface area contributed by atoms with E-state index in [-0.39, 0.29) is 5.92 Å². The van der Waals surface area contributed by atoms with Crippen molar-refractivity contribution in [2.45, 2.75) is 20.0 Å². The molecule has 0 saturated heterocycles. The van der Waals surface area contributed by atoms with Crippen molar-refractivity contribution < 1.29 is 14.6 Å². The molecule has 1 N–H and O–H groups in total. The molecule has 1 aromatic carbocycles. The summed E-state index contributed by atoms with van der Waals surface area (Å²) < 4.78 is 5.48. The SMILES string of the molecule is CC(C)C(Oc1cnc2ccccc2c1)C(=O)O. The molecular weight excluding hydrogens is 230 g/mol. The maximum atomic E-state index is 11.1. The summed E-state index contributed by atoms with van der Waals surface area (Å²) in [6, 6.07) is 9.44. The lowest BCUT2D eigenvalue weighted by Crippen LogP contribution is -2.32. The first-order chi connectivity index (χ1) is 8.58. The van der Waals surface area contributed by atoms with Gasteiger partial charge in [0, 0.05) is 11.3 Å². The van der Waals surface area contributed by atoms with Crippen molar-refractivity contribution >= 4 is 16.9 Å². The summed E-state index contributed by atoms with van der Waals surface area (Å²) >= 11 is 0. The van der Waals surface area contributed by atoms with Crippen molar-refractivity contribution in [3.8, 4) is 5.75 Å². The normalized spacial score (nSPS) is 12.6. The molecule has 94 valence electrons. The van der Waals surface area contributed by atoms with Crippen LogP contribution < -0.4 is 4.74 Å². The third kappa shape index (κ3) is 2.59. The number of fused-ring (bicyclic) bond motifs is 1. The number of hydrogen-bond donors (Lipinski definition) is 1. The quantitative estimate of drug-likeness (QED) is 0.899. The van der Waals surface area contributed by atoms with E-state index in [1.165, 1.54) is 0 Å². The van der Waals surface area contributed by atoms with Crippen molar-refractivity contribution in [3.05, 3.63) is 36.5 Å². The molecule has 0 aliphatic carbocycles. The lowest BCUT2D eigenvalue weighted by molar-refractivity contribution is -0.147. The summed E-state index contributed by atoms with van der Waals surface area (Å²) in [6.45, 7) is 3.63. The average Bonchev–Trinajstić information content (AvgIpc) is 2.35. The van der Waals surface area contributed by atoms with Gasteiger partial charge in [-0.25, -0.2) is 4.79 Å². The number of para-hydroxylation sites is 1. The minimum absolute atomic E-state index is 0.103. The molecule has 1 heterocycles. The number of carboxylic acid groups (broad SMARTS) is 1. The largest absolute Gasteiger partial charge is 0.478 e. The molecule has 0 saturated carbocycles. The molecule has 0 fully saturated rings. The van der Waals surface area contributed by atoms with E-state index in [0.717, 1.165) is 10.9 Å². The summed E-state index contributed by atoms with van der Waals surface area (Å²) in [4.78, 5) is 15.3. The van der Waals surface area contributed by atoms with Crippen LogP contribution >= 0.6 is 0 Å². The molecule has 1 unspecified atom stereocenters. The van der Waals surface area contributed by atoms with Crippen LogP contribution in [-0.2, 0) is 4.79 Å². The van der Waals surface area contributed by atoms with E-state index in [0.29, 0.717) is 5.75 Å². The zero-order valence-corrected chi connectivity index (χ0v) is 10.3. The highest BCUT2D eigenvalue weighted by Gasteiger charge is 2.23. The molecule has 0 bridgehead atoms. The fourth-order valence-corrected chi connectivity index (χ4v) is 1.73. The van der Waals surface area contributed by atoms with Crippen LogP contribution in [0.1, 0.15) is 13.8 Å². The maximum Gasteiger partial charge on any atom is 0.345 e. The Hall–Kier alpha value is -2.10. The Balaban J connectivity index is 2.28. The molecule has 0 aliphatic heterocycles. The van der Waals surface area contributed by atoms with Gasteiger partial charge in [-0.3, -0.25) is 4.98 Å². The topological polar surface area (TPSA) is 59.4 Å². The Morgan fingerprint density at radius 1 is 1.33 bits per heavy atom. The minimum atomic E-state index is -0.960. The smallest absolute Gasteiger partial charge is 0.345 e. The Bertz CT molecular complexity index is 566. The average molecular weight is 245 g/mol. The van der Waals surface area contributed by atoms with Crippen LogP contribution in [-0.4, -0.2) is 22.2 Å². The molecule has 1 atom stereocenters. The van der Waals surface area contributed by atoms with Crippen LogP contribution in [0.15, 0.2) is 36.5 Å². The molecule has 2 rings (SSSR count). The van der Waals surface area contributed by atoms with Crippen molar-refractivity contribution in [1.82, 2.24) is 4.98 Å². The first-order valence-corrected chi connectivity index (χ1v) is 5.82. The third-order valence-electron chi connectivity index (χ3n) is 2.68. The number of nitrogens with zero attached hydrogens (tertiary/aromatic N) is 1. The number of aromatic nitrogens is 1. The van der Waals surface area contributed by atoms with Gasteiger partial charge in [-0.05, 0) is 12.1 Å². The van der Waals surface area contributed by atoms with Crippen LogP contribution in [0.3, 0.4) is 0 Å². The number of aliphatic carboxylic acids is 1. The second kappa shape index (κ2) is 5.04. The zero-order chi connectivity index (χ0) is 13.1. The number of carboxylic acids is 1. The molecular formula is C14H15NO3. The Labute approximate surface area is 105 Å². The minimum Gasteiger partial charge on any atom is -0.478 e. The molecule has 18 heavy (non-hydrogen) atoms. The van der Waals surface area contributed by atoms with E-state index >= 15 is 0 Å². The highest BCUT2D eigenvalue weighted by molar-refractivity contribution is 5.79. The van der Waals surface area contributed by atoms with Crippen LogP contribution in [0.25, 0.3) is 10.9 Å². The first-order valence-electron chi connectivity index (χ1n) is 5.82. The number of carbonyl (C=O) groups is 1. The maximum absolute atomic E-state index is 11.1. The fourth-order valence-electron chi connectivity index (χ4n) is 1.73. The number of hydrogen-bond acceptors (Lipinski definition) is 3. The molecule has 0 aliphatic rings. The predicted octanol–water partition coefficient (Wildman–Crippen LogP) is 2.72. The summed E-state index contributed by atoms with van der Waals surface area (Å²) in [5.74, 6) is -0.582. The van der Waals surface area contributed by atoms with Gasteiger partial charge in [-0.1, -0.05) is 32.0 Å². The summed E-state index contributed by atoms with van der Waals surface area (Å²) in [7, 11) is 0. The van der Waals surface area contributed by atoms with Gasteiger partial charge in [0.1, 0.15) is 5.75 Å². The van der Waals surface area contributed by atoms with E-state index in [4.69, 9.17) is 9.84 Å². The van der Waals surface area contributed by atoms with Gasteiger partial charge in [0.2, 0.25) is 0 Å². The molecule has 4 nitrogen and oxygen atoms in total. The van der Waals surface area contributed by atoms with Crippen LogP contribution in [0, 0.1) is 5.92 Å². The van der Waals surface area contributed by atoms with Crippen LogP contribution in [0.4, 0.5) is 0 Å². The summed E-state index contributed by atoms with van der Waals surface area (Å²) in [6.07, 6.45) is 0.702. The predicted molar refractivity (Wildman–Crippen MR) is 68.6 cm³/mol. The lowest BCUT2D eigenvalue weighted by Gasteiger charge is -2.18. The summed E-state index contributed by atoms with van der Waals surface area (Å²) in [5, 5.41) is 10.0. The van der Waals surface area contributed by atoms with Crippen LogP contribution in [0.5, 0.6) is 5.75 Å². The second-order valence-corrected chi connectivity index (χ2v) is 4.48. The third-order valence-corrected chi connectivity index (χ3v) is 2.68. The summed E-state index contributed by atoms with van der Waals surface area (Å²) in [5.41, 5.74) is 0.862. The molecule has 1 aromatic heterocycles. The zero-order valence-electron chi connectivity index (χ0n) is 10.3. The van der Waals surface area contributed by atoms with E-state index in [1.807, 2.05) is 38.1 Å². The lowest BCUT2D eigenvalue weighted by atomic mass is 10.1. The number of rotatable bonds is 4. The highest BCUT2D eigenvalue weighted by atomic mass is 16.5.